The number of cyclic esters (lactones) is 1. The molecule has 4 aliphatic heterocycles. The Bertz CT molecular complexity index is 1040. The van der Waals surface area contributed by atoms with Gasteiger partial charge in [-0.3, -0.25) is 4.79 Å². The van der Waals surface area contributed by atoms with Crippen molar-refractivity contribution in [3.05, 3.63) is 24.2 Å². The van der Waals surface area contributed by atoms with Crippen LogP contribution >= 0.6 is 0 Å². The summed E-state index contributed by atoms with van der Waals surface area (Å²) in [6, 6.07) is 1.90. The van der Waals surface area contributed by atoms with Crippen molar-refractivity contribution in [1.29, 1.82) is 0 Å². The number of ether oxygens (including phenoxy) is 3. The van der Waals surface area contributed by atoms with Crippen LogP contribution < -0.4 is 0 Å². The van der Waals surface area contributed by atoms with Crippen molar-refractivity contribution in [1.82, 2.24) is 0 Å². The van der Waals surface area contributed by atoms with Crippen molar-refractivity contribution in [2.75, 3.05) is 0 Å². The van der Waals surface area contributed by atoms with Crippen molar-refractivity contribution in [3.8, 4) is 0 Å². The number of furan rings is 1. The molecule has 0 radical (unpaired) electrons. The molecule has 0 N–H and O–H groups in total. The number of epoxide rings is 1. The second kappa shape index (κ2) is 5.35. The summed E-state index contributed by atoms with van der Waals surface area (Å²) >= 11 is 0. The van der Waals surface area contributed by atoms with Gasteiger partial charge in [0.2, 0.25) is 0 Å². The Morgan fingerprint density at radius 1 is 1.00 bits per heavy atom. The van der Waals surface area contributed by atoms with Gasteiger partial charge in [0.1, 0.15) is 17.5 Å². The minimum atomic E-state index is -0.616. The van der Waals surface area contributed by atoms with E-state index in [2.05, 4.69) is 34.6 Å². The second-order valence-corrected chi connectivity index (χ2v) is 12.5. The van der Waals surface area contributed by atoms with Gasteiger partial charge >= 0.3 is 5.97 Å². The Kier molecular flexibility index (Phi) is 3.31. The van der Waals surface area contributed by atoms with E-state index in [4.69, 9.17) is 18.6 Å². The van der Waals surface area contributed by atoms with Gasteiger partial charge in [-0.2, -0.15) is 0 Å². The molecule has 1 spiro atoms. The van der Waals surface area contributed by atoms with Gasteiger partial charge < -0.3 is 18.6 Å². The summed E-state index contributed by atoms with van der Waals surface area (Å²) < 4.78 is 24.7. The van der Waals surface area contributed by atoms with Crippen LogP contribution in [0.15, 0.2) is 23.0 Å². The van der Waals surface area contributed by atoms with Crippen LogP contribution in [-0.2, 0) is 23.8 Å². The molecule has 7 fully saturated rings. The summed E-state index contributed by atoms with van der Waals surface area (Å²) in [6.07, 6.45) is 5.60. The molecule has 1 aromatic rings. The van der Waals surface area contributed by atoms with E-state index in [1.807, 2.05) is 6.07 Å². The predicted octanol–water partition coefficient (Wildman–Crippen LogP) is 4.23. The molecule has 3 aliphatic carbocycles. The van der Waals surface area contributed by atoms with Crippen molar-refractivity contribution in [2.45, 2.75) is 90.3 Å². The van der Waals surface area contributed by atoms with Crippen LogP contribution in [0.1, 0.15) is 72.0 Å². The molecule has 10 atom stereocenters. The number of hydrogen-bond acceptors (Lipinski definition) is 6. The van der Waals surface area contributed by atoms with Gasteiger partial charge in [0.05, 0.1) is 24.7 Å². The summed E-state index contributed by atoms with van der Waals surface area (Å²) in [5.74, 6) is 0.681. The van der Waals surface area contributed by atoms with E-state index >= 15 is 0 Å². The Balaban J connectivity index is 1.39. The van der Waals surface area contributed by atoms with Gasteiger partial charge in [-0.1, -0.05) is 34.6 Å². The highest BCUT2D eigenvalue weighted by molar-refractivity contribution is 5.86. The standard InChI is InChI=1S/C26H32O6/c1-22(2)15-10-18-25(5)14(24(15,4)17(30-18)11-16(22)27)6-8-23(3)19(13-7-9-29-12-13)31-21(28)20-26(23,25)32-20/h7,9,12,14-15,17-20H,6,8,10-11H2,1-5H3. The highest BCUT2D eigenvalue weighted by Gasteiger charge is 2.90. The van der Waals surface area contributed by atoms with Crippen molar-refractivity contribution in [3.63, 3.8) is 0 Å². The maximum atomic E-state index is 13.1. The molecule has 32 heavy (non-hydrogen) atoms. The summed E-state index contributed by atoms with van der Waals surface area (Å²) in [7, 11) is 0. The van der Waals surface area contributed by atoms with Gasteiger partial charge in [0.25, 0.3) is 0 Å². The van der Waals surface area contributed by atoms with Crippen LogP contribution in [0, 0.1) is 33.5 Å². The molecule has 10 unspecified atom stereocenters. The van der Waals surface area contributed by atoms with E-state index in [9.17, 15) is 9.59 Å². The summed E-state index contributed by atoms with van der Waals surface area (Å²) in [4.78, 5) is 26.1. The number of esters is 1. The van der Waals surface area contributed by atoms with Gasteiger partial charge in [-0.25, -0.2) is 4.79 Å². The molecular weight excluding hydrogens is 408 g/mol. The molecule has 6 heteroatoms. The lowest BCUT2D eigenvalue weighted by Gasteiger charge is -2.75. The van der Waals surface area contributed by atoms with Gasteiger partial charge in [-0.05, 0) is 37.2 Å². The van der Waals surface area contributed by atoms with E-state index in [0.717, 1.165) is 24.8 Å². The van der Waals surface area contributed by atoms with Gasteiger partial charge in [-0.15, -0.1) is 0 Å². The number of carbonyl (C=O) groups excluding carboxylic acids is 2. The maximum Gasteiger partial charge on any atom is 0.339 e. The Morgan fingerprint density at radius 2 is 1.78 bits per heavy atom. The van der Waals surface area contributed by atoms with Gasteiger partial charge in [0.15, 0.2) is 6.10 Å². The Labute approximate surface area is 188 Å². The number of rotatable bonds is 1. The van der Waals surface area contributed by atoms with Crippen molar-refractivity contribution in [2.24, 2.45) is 33.5 Å². The van der Waals surface area contributed by atoms with Crippen molar-refractivity contribution >= 4 is 11.8 Å². The molecular formula is C26H32O6. The Hall–Kier alpha value is -1.66. The fraction of sp³-hybridized carbons (Fsp3) is 0.769. The fourth-order valence-electron chi connectivity index (χ4n) is 9.84. The molecule has 1 aromatic heterocycles. The maximum absolute atomic E-state index is 13.1. The van der Waals surface area contributed by atoms with Crippen LogP contribution in [0.5, 0.6) is 0 Å². The SMILES string of the molecule is CC1(C)C(=O)CC2OC3CC1C2(C)C1CCC2(C)C(c4ccoc4)OC(=O)C4OC42C31C. The lowest BCUT2D eigenvalue weighted by molar-refractivity contribution is -0.349. The average molecular weight is 441 g/mol. The van der Waals surface area contributed by atoms with E-state index in [-0.39, 0.29) is 45.8 Å². The monoisotopic (exact) mass is 440 g/mol. The van der Waals surface area contributed by atoms with Crippen LogP contribution in [0.3, 0.4) is 0 Å². The average Bonchev–Trinajstić information content (AvgIpc) is 3.30. The quantitative estimate of drug-likeness (QED) is 0.480. The predicted molar refractivity (Wildman–Crippen MR) is 112 cm³/mol. The Morgan fingerprint density at radius 3 is 2.50 bits per heavy atom. The first-order valence-corrected chi connectivity index (χ1v) is 12.1. The summed E-state index contributed by atoms with van der Waals surface area (Å²) in [5.41, 5.74) is -0.854. The number of carbonyl (C=O) groups is 2. The molecule has 4 bridgehead atoms. The van der Waals surface area contributed by atoms with Crippen LogP contribution in [0.2, 0.25) is 0 Å². The summed E-state index contributed by atoms with van der Waals surface area (Å²) in [6.45, 7) is 11.2. The molecule has 6 nitrogen and oxygen atoms in total. The molecule has 172 valence electrons. The van der Waals surface area contributed by atoms with Crippen LogP contribution in [0.25, 0.3) is 0 Å². The normalized spacial score (nSPS) is 56.7. The first kappa shape index (κ1) is 19.8. The van der Waals surface area contributed by atoms with Crippen LogP contribution in [-0.4, -0.2) is 35.7 Å². The molecule has 3 saturated carbocycles. The minimum absolute atomic E-state index is 0.0303. The first-order valence-electron chi connectivity index (χ1n) is 12.1. The van der Waals surface area contributed by atoms with E-state index < -0.39 is 17.8 Å². The third-order valence-electron chi connectivity index (χ3n) is 11.4. The zero-order chi connectivity index (χ0) is 22.5. The summed E-state index contributed by atoms with van der Waals surface area (Å²) in [5, 5.41) is 0. The number of ketones is 1. The van der Waals surface area contributed by atoms with Gasteiger partial charge in [0, 0.05) is 33.6 Å². The molecule has 7 aliphatic rings. The minimum Gasteiger partial charge on any atom is -0.472 e. The second-order valence-electron chi connectivity index (χ2n) is 12.5. The number of Topliss-reactive ketones (excluding diaryl/α,β-unsaturated/α-hetero) is 1. The number of hydrogen-bond donors (Lipinski definition) is 0. The fourth-order valence-corrected chi connectivity index (χ4v) is 9.84. The molecule has 4 saturated heterocycles. The van der Waals surface area contributed by atoms with Crippen molar-refractivity contribution < 1.29 is 28.2 Å². The molecule has 5 heterocycles. The lowest BCUT2D eigenvalue weighted by Crippen LogP contribution is -2.79. The third-order valence-corrected chi connectivity index (χ3v) is 11.4. The highest BCUT2D eigenvalue weighted by atomic mass is 16.7. The molecule has 0 aromatic carbocycles. The van der Waals surface area contributed by atoms with E-state index in [1.165, 1.54) is 0 Å². The molecule has 8 rings (SSSR count). The zero-order valence-corrected chi connectivity index (χ0v) is 19.5. The smallest absolute Gasteiger partial charge is 0.339 e. The first-order chi connectivity index (χ1) is 15.0. The van der Waals surface area contributed by atoms with E-state index in [1.54, 1.807) is 12.5 Å². The van der Waals surface area contributed by atoms with Crippen LogP contribution in [0.4, 0.5) is 0 Å². The lowest BCUT2D eigenvalue weighted by atomic mass is 9.33. The zero-order valence-electron chi connectivity index (χ0n) is 19.5. The molecule has 0 amide bonds. The topological polar surface area (TPSA) is 78.3 Å². The van der Waals surface area contributed by atoms with E-state index in [0.29, 0.717) is 18.1 Å². The largest absolute Gasteiger partial charge is 0.472 e. The third kappa shape index (κ3) is 1.74. The highest BCUT2D eigenvalue weighted by Crippen LogP contribution is 2.82.